The molecular weight excluding hydrogens is 340 g/mol. The molecule has 0 fully saturated rings. The number of H-pyrrole nitrogens is 1. The van der Waals surface area contributed by atoms with Gasteiger partial charge in [0.1, 0.15) is 5.15 Å². The average Bonchev–Trinajstić information content (AvgIpc) is 3.29. The van der Waals surface area contributed by atoms with Crippen LogP contribution in [-0.2, 0) is 7.05 Å². The lowest BCUT2D eigenvalue weighted by Gasteiger charge is -2.06. The molecule has 0 aliphatic heterocycles. The van der Waals surface area contributed by atoms with E-state index in [4.69, 9.17) is 11.6 Å². The zero-order valence-electron chi connectivity index (χ0n) is 13.2. The van der Waals surface area contributed by atoms with E-state index >= 15 is 0 Å². The minimum atomic E-state index is 0.418. The molecule has 25 heavy (non-hydrogen) atoms. The summed E-state index contributed by atoms with van der Waals surface area (Å²) in [6, 6.07) is 9.39. The summed E-state index contributed by atoms with van der Waals surface area (Å²) < 4.78 is 1.56. The van der Waals surface area contributed by atoms with Gasteiger partial charge in [-0.1, -0.05) is 17.7 Å². The third kappa shape index (κ3) is 3.07. The molecule has 2 N–H and O–H groups in total. The first-order chi connectivity index (χ1) is 12.2. The molecule has 8 nitrogen and oxygen atoms in total. The van der Waals surface area contributed by atoms with Gasteiger partial charge in [0.2, 0.25) is 5.95 Å². The molecule has 0 amide bonds. The van der Waals surface area contributed by atoms with Crippen LogP contribution < -0.4 is 5.32 Å². The Morgan fingerprint density at radius 1 is 1.04 bits per heavy atom. The maximum atomic E-state index is 6.15. The second kappa shape index (κ2) is 6.33. The molecule has 124 valence electrons. The number of hydrogen-bond acceptors (Lipinski definition) is 6. The summed E-state index contributed by atoms with van der Waals surface area (Å²) in [4.78, 5) is 13.3. The smallest absolute Gasteiger partial charge is 0.227 e. The molecular formula is C16H13ClN8. The Balaban J connectivity index is 1.65. The van der Waals surface area contributed by atoms with Crippen LogP contribution in [-0.4, -0.2) is 34.9 Å². The number of nitrogens with zero attached hydrogens (tertiary/aromatic N) is 6. The Hall–Kier alpha value is -3.26. The molecule has 0 radical (unpaired) electrons. The molecule has 0 unspecified atom stereocenters. The SMILES string of the molecule is Cn1ncc(Nc2nccc(-c3cccc(-c4ccn[nH]4)n3)n2)c1Cl. The second-order valence-corrected chi connectivity index (χ2v) is 5.60. The summed E-state index contributed by atoms with van der Waals surface area (Å²) in [6.07, 6.45) is 4.98. The van der Waals surface area contributed by atoms with Gasteiger partial charge < -0.3 is 5.32 Å². The van der Waals surface area contributed by atoms with Crippen molar-refractivity contribution >= 4 is 23.2 Å². The third-order valence-corrected chi connectivity index (χ3v) is 4.00. The standard InChI is InChI=1S/C16H13ClN8/c1-25-15(17)14(9-20-25)23-16-18-7-5-12(22-16)10-3-2-4-11(21-10)13-6-8-19-24-13/h2-9H,1H3,(H,19,24)(H,18,22,23). The fourth-order valence-electron chi connectivity index (χ4n) is 2.31. The van der Waals surface area contributed by atoms with Gasteiger partial charge in [-0.15, -0.1) is 0 Å². The molecule has 4 heterocycles. The Kier molecular flexibility index (Phi) is 3.87. The van der Waals surface area contributed by atoms with Crippen molar-refractivity contribution in [1.29, 1.82) is 0 Å². The van der Waals surface area contributed by atoms with Crippen LogP contribution in [0.4, 0.5) is 11.6 Å². The highest BCUT2D eigenvalue weighted by Gasteiger charge is 2.10. The molecule has 0 atom stereocenters. The van der Waals surface area contributed by atoms with E-state index in [-0.39, 0.29) is 0 Å². The van der Waals surface area contributed by atoms with E-state index in [9.17, 15) is 0 Å². The first-order valence-corrected chi connectivity index (χ1v) is 7.83. The molecule has 4 aromatic heterocycles. The fourth-order valence-corrected chi connectivity index (χ4v) is 2.45. The Bertz CT molecular complexity index is 1010. The van der Waals surface area contributed by atoms with Crippen molar-refractivity contribution in [2.24, 2.45) is 7.05 Å². The van der Waals surface area contributed by atoms with Crippen LogP contribution in [0.25, 0.3) is 22.8 Å². The third-order valence-electron chi connectivity index (χ3n) is 3.56. The van der Waals surface area contributed by atoms with Gasteiger partial charge in [0.25, 0.3) is 0 Å². The number of aromatic nitrogens is 7. The van der Waals surface area contributed by atoms with E-state index in [0.717, 1.165) is 17.1 Å². The lowest BCUT2D eigenvalue weighted by Crippen LogP contribution is -1.99. The van der Waals surface area contributed by atoms with Crippen LogP contribution in [0.2, 0.25) is 5.15 Å². The Labute approximate surface area is 147 Å². The first-order valence-electron chi connectivity index (χ1n) is 7.45. The zero-order chi connectivity index (χ0) is 17.2. The van der Waals surface area contributed by atoms with Gasteiger partial charge in [0.15, 0.2) is 0 Å². The van der Waals surface area contributed by atoms with E-state index in [1.54, 1.807) is 36.4 Å². The second-order valence-electron chi connectivity index (χ2n) is 5.24. The van der Waals surface area contributed by atoms with Crippen molar-refractivity contribution in [2.75, 3.05) is 5.32 Å². The minimum absolute atomic E-state index is 0.418. The Morgan fingerprint density at radius 3 is 2.64 bits per heavy atom. The van der Waals surface area contributed by atoms with Gasteiger partial charge in [0.05, 0.1) is 34.7 Å². The number of aryl methyl sites for hydroxylation is 1. The van der Waals surface area contributed by atoms with Crippen LogP contribution in [0.3, 0.4) is 0 Å². The fraction of sp³-hybridized carbons (Fsp3) is 0.0625. The van der Waals surface area contributed by atoms with Gasteiger partial charge in [-0.05, 0) is 24.3 Å². The van der Waals surface area contributed by atoms with E-state index in [0.29, 0.717) is 22.5 Å². The summed E-state index contributed by atoms with van der Waals surface area (Å²) in [6.45, 7) is 0. The highest BCUT2D eigenvalue weighted by molar-refractivity contribution is 6.32. The number of halogens is 1. The van der Waals surface area contributed by atoms with Crippen molar-refractivity contribution in [3.63, 3.8) is 0 Å². The highest BCUT2D eigenvalue weighted by atomic mass is 35.5. The van der Waals surface area contributed by atoms with Crippen molar-refractivity contribution in [3.8, 4) is 22.8 Å². The van der Waals surface area contributed by atoms with E-state index in [1.165, 1.54) is 0 Å². The highest BCUT2D eigenvalue weighted by Crippen LogP contribution is 2.24. The van der Waals surface area contributed by atoms with Crippen LogP contribution in [0.5, 0.6) is 0 Å². The summed E-state index contributed by atoms with van der Waals surface area (Å²) >= 11 is 6.15. The van der Waals surface area contributed by atoms with Gasteiger partial charge in [-0.3, -0.25) is 9.78 Å². The van der Waals surface area contributed by atoms with Gasteiger partial charge >= 0.3 is 0 Å². The van der Waals surface area contributed by atoms with Gasteiger partial charge in [-0.2, -0.15) is 10.2 Å². The molecule has 0 aliphatic rings. The summed E-state index contributed by atoms with van der Waals surface area (Å²) in [5.41, 5.74) is 3.70. The normalized spacial score (nSPS) is 10.8. The van der Waals surface area contributed by atoms with Gasteiger partial charge in [-0.25, -0.2) is 15.0 Å². The lowest BCUT2D eigenvalue weighted by molar-refractivity contribution is 0.769. The largest absolute Gasteiger partial charge is 0.320 e. The predicted octanol–water partition coefficient (Wildman–Crippen LogP) is 3.06. The molecule has 4 aromatic rings. The number of anilines is 2. The van der Waals surface area contributed by atoms with Crippen LogP contribution in [0.15, 0.2) is 48.9 Å². The molecule has 0 saturated heterocycles. The van der Waals surface area contributed by atoms with Crippen molar-refractivity contribution < 1.29 is 0 Å². The first kappa shape index (κ1) is 15.3. The van der Waals surface area contributed by atoms with Crippen LogP contribution in [0, 0.1) is 0 Å². The van der Waals surface area contributed by atoms with Crippen molar-refractivity contribution in [3.05, 3.63) is 54.1 Å². The van der Waals surface area contributed by atoms with Crippen LogP contribution in [0.1, 0.15) is 0 Å². The quantitative estimate of drug-likeness (QED) is 0.586. The zero-order valence-corrected chi connectivity index (χ0v) is 13.9. The van der Waals surface area contributed by atoms with E-state index in [1.807, 2.05) is 24.3 Å². The van der Waals surface area contributed by atoms with Crippen molar-refractivity contribution in [1.82, 2.24) is 34.9 Å². The number of hydrogen-bond donors (Lipinski definition) is 2. The molecule has 0 aromatic carbocycles. The van der Waals surface area contributed by atoms with Crippen LogP contribution >= 0.6 is 11.6 Å². The number of aromatic amines is 1. The molecule has 9 heteroatoms. The topological polar surface area (TPSA) is 97.2 Å². The van der Waals surface area contributed by atoms with E-state index < -0.39 is 0 Å². The summed E-state index contributed by atoms with van der Waals surface area (Å²) in [5.74, 6) is 0.418. The Morgan fingerprint density at radius 2 is 1.88 bits per heavy atom. The number of nitrogens with one attached hydrogen (secondary N) is 2. The maximum absolute atomic E-state index is 6.15. The monoisotopic (exact) mass is 352 g/mol. The average molecular weight is 353 g/mol. The predicted molar refractivity (Wildman–Crippen MR) is 94.3 cm³/mol. The molecule has 0 aliphatic carbocycles. The van der Waals surface area contributed by atoms with E-state index in [2.05, 4.69) is 35.6 Å². The minimum Gasteiger partial charge on any atom is -0.320 e. The molecule has 0 saturated carbocycles. The molecule has 0 bridgehead atoms. The summed E-state index contributed by atoms with van der Waals surface area (Å²) in [7, 11) is 1.76. The van der Waals surface area contributed by atoms with Gasteiger partial charge in [0, 0.05) is 19.4 Å². The number of rotatable bonds is 4. The van der Waals surface area contributed by atoms with Crippen molar-refractivity contribution in [2.45, 2.75) is 0 Å². The lowest BCUT2D eigenvalue weighted by atomic mass is 10.2. The number of pyridine rings is 1. The molecule has 0 spiro atoms. The molecule has 4 rings (SSSR count). The maximum Gasteiger partial charge on any atom is 0.227 e. The summed E-state index contributed by atoms with van der Waals surface area (Å²) in [5, 5.41) is 14.5.